The molecule has 0 fully saturated rings. The van der Waals surface area contributed by atoms with Crippen LogP contribution >= 0.6 is 45.3 Å². The zero-order valence-corrected chi connectivity index (χ0v) is 12.7. The molecule has 86 valence electrons. The number of hydrogen-bond donors (Lipinski definition) is 1. The lowest BCUT2D eigenvalue weighted by Crippen LogP contribution is -2.15. The molecule has 0 saturated heterocycles. The number of hydrogen-bond acceptors (Lipinski definition) is 5. The molecule has 0 unspecified atom stereocenters. The molecule has 16 heavy (non-hydrogen) atoms. The van der Waals surface area contributed by atoms with Gasteiger partial charge in [0.25, 0.3) is 0 Å². The molecular formula is C10H12IN3S2. The molecule has 2 aromatic heterocycles. The second-order valence-corrected chi connectivity index (χ2v) is 7.11. The van der Waals surface area contributed by atoms with E-state index >= 15 is 0 Å². The van der Waals surface area contributed by atoms with Crippen molar-refractivity contribution in [3.8, 4) is 10.6 Å². The van der Waals surface area contributed by atoms with Crippen LogP contribution < -0.4 is 5.32 Å². The molecule has 2 rings (SSSR count). The molecular weight excluding hydrogens is 353 g/mol. The molecule has 0 saturated carbocycles. The summed E-state index contributed by atoms with van der Waals surface area (Å²) < 4.78 is 1.29. The monoisotopic (exact) mass is 365 g/mol. The highest BCUT2D eigenvalue weighted by atomic mass is 127. The molecule has 1 N–H and O–H groups in total. The maximum Gasteiger partial charge on any atom is 0.148 e. The first-order chi connectivity index (χ1) is 7.79. The fourth-order valence-corrected chi connectivity index (χ4v) is 3.50. The molecule has 2 aromatic rings. The van der Waals surface area contributed by atoms with E-state index in [1.54, 1.807) is 22.7 Å². The van der Waals surface area contributed by atoms with Gasteiger partial charge in [-0.25, -0.2) is 0 Å². The van der Waals surface area contributed by atoms with Gasteiger partial charge in [0.2, 0.25) is 0 Å². The van der Waals surface area contributed by atoms with Crippen molar-refractivity contribution in [1.82, 2.24) is 15.5 Å². The normalized spacial score (nSPS) is 10.9. The van der Waals surface area contributed by atoms with Crippen LogP contribution in [-0.2, 0) is 6.42 Å². The molecule has 0 bridgehead atoms. The summed E-state index contributed by atoms with van der Waals surface area (Å²) in [5.74, 6) is 0. The number of halogens is 1. The lowest BCUT2D eigenvalue weighted by atomic mass is 10.4. The van der Waals surface area contributed by atoms with E-state index in [0.29, 0.717) is 0 Å². The molecule has 6 heteroatoms. The summed E-state index contributed by atoms with van der Waals surface area (Å²) >= 11 is 5.76. The van der Waals surface area contributed by atoms with Crippen LogP contribution in [0.1, 0.15) is 11.9 Å². The number of thiophene rings is 1. The van der Waals surface area contributed by atoms with E-state index in [1.807, 2.05) is 0 Å². The highest BCUT2D eigenvalue weighted by molar-refractivity contribution is 14.1. The number of aromatic nitrogens is 2. The van der Waals surface area contributed by atoms with Crippen molar-refractivity contribution >= 4 is 45.3 Å². The van der Waals surface area contributed by atoms with Crippen LogP contribution in [0, 0.1) is 2.88 Å². The third-order valence-corrected chi connectivity index (χ3v) is 4.87. The highest BCUT2D eigenvalue weighted by Crippen LogP contribution is 2.28. The van der Waals surface area contributed by atoms with Crippen molar-refractivity contribution in [3.63, 3.8) is 0 Å². The van der Waals surface area contributed by atoms with Gasteiger partial charge in [0.15, 0.2) is 0 Å². The summed E-state index contributed by atoms with van der Waals surface area (Å²) in [7, 11) is 0. The average molecular weight is 365 g/mol. The van der Waals surface area contributed by atoms with Crippen LogP contribution in [0.4, 0.5) is 0 Å². The Kier molecular flexibility index (Phi) is 4.68. The zero-order valence-electron chi connectivity index (χ0n) is 8.86. The number of nitrogens with zero attached hydrogens (tertiary/aromatic N) is 2. The minimum absolute atomic E-state index is 0.965. The topological polar surface area (TPSA) is 37.8 Å². The molecule has 0 atom stereocenters. The number of rotatable bonds is 5. The lowest BCUT2D eigenvalue weighted by Gasteiger charge is -1.95. The van der Waals surface area contributed by atoms with Crippen LogP contribution in [0.5, 0.6) is 0 Å². The predicted octanol–water partition coefficient (Wildman–Crippen LogP) is 3.02. The first-order valence-electron chi connectivity index (χ1n) is 5.07. The maximum atomic E-state index is 4.22. The van der Waals surface area contributed by atoms with E-state index in [2.05, 4.69) is 56.5 Å². The highest BCUT2D eigenvalue weighted by Gasteiger charge is 2.07. The third-order valence-electron chi connectivity index (χ3n) is 2.05. The molecule has 0 aliphatic carbocycles. The third kappa shape index (κ3) is 3.22. The number of nitrogens with one attached hydrogen (secondary N) is 1. The van der Waals surface area contributed by atoms with E-state index < -0.39 is 0 Å². The lowest BCUT2D eigenvalue weighted by molar-refractivity contribution is 0.710. The van der Waals surface area contributed by atoms with Gasteiger partial charge in [-0.05, 0) is 35.2 Å². The Bertz CT molecular complexity index is 452. The molecule has 0 amide bonds. The summed E-state index contributed by atoms with van der Waals surface area (Å²) in [6, 6.07) is 2.15. The quantitative estimate of drug-likeness (QED) is 0.654. The summed E-state index contributed by atoms with van der Waals surface area (Å²) in [4.78, 5) is 0. The molecule has 2 heterocycles. The smallest absolute Gasteiger partial charge is 0.148 e. The fraction of sp³-hybridized carbons (Fsp3) is 0.400. The van der Waals surface area contributed by atoms with Crippen molar-refractivity contribution in [1.29, 1.82) is 0 Å². The van der Waals surface area contributed by atoms with E-state index in [-0.39, 0.29) is 0 Å². The van der Waals surface area contributed by atoms with Gasteiger partial charge in [0, 0.05) is 23.9 Å². The van der Waals surface area contributed by atoms with Gasteiger partial charge in [0.05, 0.1) is 2.88 Å². The Morgan fingerprint density at radius 2 is 2.31 bits per heavy atom. The molecule has 0 radical (unpaired) electrons. The summed E-state index contributed by atoms with van der Waals surface area (Å²) in [5.41, 5.74) is 1.20. The summed E-state index contributed by atoms with van der Waals surface area (Å²) in [6.45, 7) is 4.10. The molecule has 0 aromatic carbocycles. The van der Waals surface area contributed by atoms with Gasteiger partial charge in [0.1, 0.15) is 10.0 Å². The Hall–Kier alpha value is -0.0500. The van der Waals surface area contributed by atoms with Crippen molar-refractivity contribution in [2.45, 2.75) is 13.3 Å². The van der Waals surface area contributed by atoms with Gasteiger partial charge in [-0.15, -0.1) is 21.5 Å². The Morgan fingerprint density at radius 1 is 1.44 bits per heavy atom. The van der Waals surface area contributed by atoms with Crippen molar-refractivity contribution in [2.75, 3.05) is 13.1 Å². The van der Waals surface area contributed by atoms with Crippen LogP contribution in [0.2, 0.25) is 0 Å². The Labute approximate surface area is 116 Å². The predicted molar refractivity (Wildman–Crippen MR) is 78.2 cm³/mol. The van der Waals surface area contributed by atoms with Crippen LogP contribution in [-0.4, -0.2) is 23.3 Å². The minimum Gasteiger partial charge on any atom is -0.317 e. The maximum absolute atomic E-state index is 4.22. The van der Waals surface area contributed by atoms with Gasteiger partial charge in [-0.1, -0.05) is 18.3 Å². The van der Waals surface area contributed by atoms with Crippen molar-refractivity contribution in [2.24, 2.45) is 0 Å². The second kappa shape index (κ2) is 6.04. The Balaban J connectivity index is 2.02. The molecule has 0 spiro atoms. The molecule has 0 aliphatic rings. The fourth-order valence-electron chi connectivity index (χ4n) is 1.27. The standard InChI is InChI=1S/C10H12IN3S2/c1-2-12-4-3-9-13-14-10(16-9)7-5-8(11)15-6-7/h5-6,12H,2-4H2,1H3. The van der Waals surface area contributed by atoms with E-state index in [1.165, 1.54) is 8.45 Å². The van der Waals surface area contributed by atoms with E-state index in [9.17, 15) is 0 Å². The molecule has 3 nitrogen and oxygen atoms in total. The van der Waals surface area contributed by atoms with Gasteiger partial charge >= 0.3 is 0 Å². The SMILES string of the molecule is CCNCCc1nnc(-c2csc(I)c2)s1. The second-order valence-electron chi connectivity index (χ2n) is 3.24. The summed E-state index contributed by atoms with van der Waals surface area (Å²) in [5, 5.41) is 16.0. The van der Waals surface area contributed by atoms with Crippen molar-refractivity contribution in [3.05, 3.63) is 19.3 Å². The first kappa shape index (κ1) is 12.4. The molecule has 0 aliphatic heterocycles. The van der Waals surface area contributed by atoms with Gasteiger partial charge in [-0.2, -0.15) is 0 Å². The summed E-state index contributed by atoms with van der Waals surface area (Å²) in [6.07, 6.45) is 0.965. The van der Waals surface area contributed by atoms with Crippen LogP contribution in [0.15, 0.2) is 11.4 Å². The first-order valence-corrected chi connectivity index (χ1v) is 7.84. The van der Waals surface area contributed by atoms with Gasteiger partial charge < -0.3 is 5.32 Å². The van der Waals surface area contributed by atoms with E-state index in [0.717, 1.165) is 29.5 Å². The van der Waals surface area contributed by atoms with Crippen LogP contribution in [0.3, 0.4) is 0 Å². The van der Waals surface area contributed by atoms with Crippen LogP contribution in [0.25, 0.3) is 10.6 Å². The van der Waals surface area contributed by atoms with Gasteiger partial charge in [-0.3, -0.25) is 0 Å². The number of likely N-dealkylation sites (N-methyl/N-ethyl adjacent to an activating group) is 1. The largest absolute Gasteiger partial charge is 0.317 e. The Morgan fingerprint density at radius 3 is 3.00 bits per heavy atom. The van der Waals surface area contributed by atoms with Crippen molar-refractivity contribution < 1.29 is 0 Å². The van der Waals surface area contributed by atoms with E-state index in [4.69, 9.17) is 0 Å². The zero-order chi connectivity index (χ0) is 11.4. The average Bonchev–Trinajstić information content (AvgIpc) is 2.87. The minimum atomic E-state index is 0.965.